The minimum atomic E-state index is -1.30. The zero-order chi connectivity index (χ0) is 15.7. The zero-order valence-corrected chi connectivity index (χ0v) is 11.9. The molecular weight excluding hydrogens is 287 g/mol. The average Bonchev–Trinajstić information content (AvgIpc) is 2.94. The van der Waals surface area contributed by atoms with E-state index in [9.17, 15) is 9.18 Å². The van der Waals surface area contributed by atoms with E-state index in [0.717, 1.165) is 0 Å². The van der Waals surface area contributed by atoms with E-state index in [1.165, 1.54) is 19.5 Å². The van der Waals surface area contributed by atoms with Crippen LogP contribution in [0.25, 0.3) is 11.0 Å². The van der Waals surface area contributed by atoms with Crippen molar-refractivity contribution in [3.63, 3.8) is 0 Å². The van der Waals surface area contributed by atoms with E-state index < -0.39 is 18.1 Å². The molecule has 112 valence electrons. The van der Waals surface area contributed by atoms with Crippen LogP contribution in [0.4, 0.5) is 10.1 Å². The van der Waals surface area contributed by atoms with Crippen molar-refractivity contribution in [2.24, 2.45) is 5.92 Å². The van der Waals surface area contributed by atoms with Crippen molar-refractivity contribution in [1.82, 2.24) is 9.97 Å². The minimum absolute atomic E-state index is 0.0807. The lowest BCUT2D eigenvalue weighted by atomic mass is 10.1. The standard InChI is InChI=1S/C15H13FN4O2/c1-22-15(21)10-7-20(8-11(10)16)12-3-2-9(6-17)13-14(12)19-5-4-18-13/h2-5,10-11H,7-8H2,1H3/t10-,11-/m0/s1. The van der Waals surface area contributed by atoms with E-state index in [1.54, 1.807) is 17.0 Å². The summed E-state index contributed by atoms with van der Waals surface area (Å²) >= 11 is 0. The van der Waals surface area contributed by atoms with Gasteiger partial charge in [-0.05, 0) is 12.1 Å². The first-order valence-electron chi connectivity index (χ1n) is 6.76. The molecule has 0 N–H and O–H groups in total. The number of alkyl halides is 1. The number of fused-ring (bicyclic) bond motifs is 1. The van der Waals surface area contributed by atoms with Gasteiger partial charge in [0, 0.05) is 18.9 Å². The quantitative estimate of drug-likeness (QED) is 0.781. The highest BCUT2D eigenvalue weighted by atomic mass is 19.1. The monoisotopic (exact) mass is 300 g/mol. The van der Waals surface area contributed by atoms with Gasteiger partial charge in [0.15, 0.2) is 0 Å². The van der Waals surface area contributed by atoms with Crippen LogP contribution in [0.5, 0.6) is 0 Å². The van der Waals surface area contributed by atoms with Gasteiger partial charge in [-0.3, -0.25) is 14.8 Å². The second-order valence-electron chi connectivity index (χ2n) is 5.05. The third-order valence-corrected chi connectivity index (χ3v) is 3.82. The topological polar surface area (TPSA) is 79.1 Å². The molecular formula is C15H13FN4O2. The number of methoxy groups -OCH3 is 1. The molecule has 0 amide bonds. The number of carbonyl (C=O) groups is 1. The van der Waals surface area contributed by atoms with E-state index in [0.29, 0.717) is 22.3 Å². The van der Waals surface area contributed by atoms with Gasteiger partial charge in [-0.25, -0.2) is 4.39 Å². The highest BCUT2D eigenvalue weighted by Gasteiger charge is 2.39. The zero-order valence-electron chi connectivity index (χ0n) is 11.9. The predicted octanol–water partition coefficient (Wildman–Crippen LogP) is 1.45. The molecule has 3 rings (SSSR count). The van der Waals surface area contributed by atoms with E-state index >= 15 is 0 Å². The molecule has 22 heavy (non-hydrogen) atoms. The van der Waals surface area contributed by atoms with Crippen LogP contribution in [0.15, 0.2) is 24.5 Å². The maximum absolute atomic E-state index is 14.1. The molecule has 1 aromatic carbocycles. The summed E-state index contributed by atoms with van der Waals surface area (Å²) < 4.78 is 18.7. The Morgan fingerprint density at radius 1 is 1.36 bits per heavy atom. The summed E-state index contributed by atoms with van der Waals surface area (Å²) in [4.78, 5) is 21.8. The summed E-state index contributed by atoms with van der Waals surface area (Å²) in [6.07, 6.45) is 1.73. The van der Waals surface area contributed by atoms with E-state index in [1.807, 2.05) is 0 Å². The highest BCUT2D eigenvalue weighted by Crippen LogP contribution is 2.32. The van der Waals surface area contributed by atoms with Gasteiger partial charge in [0.05, 0.1) is 24.9 Å². The molecule has 7 heteroatoms. The molecule has 0 bridgehead atoms. The minimum Gasteiger partial charge on any atom is -0.469 e. The molecule has 0 unspecified atom stereocenters. The number of ether oxygens (including phenoxy) is 1. The van der Waals surface area contributed by atoms with Crippen LogP contribution in [0.1, 0.15) is 5.56 Å². The molecule has 1 aliphatic rings. The molecule has 1 aromatic heterocycles. The fourth-order valence-electron chi connectivity index (χ4n) is 2.72. The van der Waals surface area contributed by atoms with Gasteiger partial charge in [-0.2, -0.15) is 5.26 Å². The third kappa shape index (κ3) is 2.22. The van der Waals surface area contributed by atoms with Crippen molar-refractivity contribution in [3.8, 4) is 6.07 Å². The van der Waals surface area contributed by atoms with Crippen LogP contribution in [0.3, 0.4) is 0 Å². The number of aromatic nitrogens is 2. The molecule has 2 aromatic rings. The normalized spacial score (nSPS) is 20.9. The van der Waals surface area contributed by atoms with Gasteiger partial charge in [-0.1, -0.05) is 0 Å². The van der Waals surface area contributed by atoms with Crippen molar-refractivity contribution >= 4 is 22.7 Å². The molecule has 6 nitrogen and oxygen atoms in total. The van der Waals surface area contributed by atoms with Gasteiger partial charge in [0.25, 0.3) is 0 Å². The van der Waals surface area contributed by atoms with Gasteiger partial charge in [-0.15, -0.1) is 0 Å². The van der Waals surface area contributed by atoms with Crippen LogP contribution in [0.2, 0.25) is 0 Å². The van der Waals surface area contributed by atoms with Crippen molar-refractivity contribution in [2.75, 3.05) is 25.1 Å². The average molecular weight is 300 g/mol. The van der Waals surface area contributed by atoms with Gasteiger partial charge >= 0.3 is 5.97 Å². The smallest absolute Gasteiger partial charge is 0.313 e. The highest BCUT2D eigenvalue weighted by molar-refractivity contribution is 5.92. The van der Waals surface area contributed by atoms with Crippen LogP contribution in [-0.4, -0.2) is 42.3 Å². The molecule has 0 radical (unpaired) electrons. The second-order valence-corrected chi connectivity index (χ2v) is 5.05. The molecule has 1 aliphatic heterocycles. The van der Waals surface area contributed by atoms with Crippen molar-refractivity contribution in [2.45, 2.75) is 6.17 Å². The van der Waals surface area contributed by atoms with E-state index in [4.69, 9.17) is 5.26 Å². The molecule has 2 atom stereocenters. The number of hydrogen-bond acceptors (Lipinski definition) is 6. The first-order valence-corrected chi connectivity index (χ1v) is 6.76. The summed E-state index contributed by atoms with van der Waals surface area (Å²) in [6, 6.07) is 5.40. The Morgan fingerprint density at radius 2 is 2.09 bits per heavy atom. The predicted molar refractivity (Wildman–Crippen MR) is 76.9 cm³/mol. The number of hydrogen-bond donors (Lipinski definition) is 0. The van der Waals surface area contributed by atoms with Crippen molar-refractivity contribution in [3.05, 3.63) is 30.1 Å². The van der Waals surface area contributed by atoms with Crippen LogP contribution in [0, 0.1) is 17.2 Å². The molecule has 0 spiro atoms. The fourth-order valence-corrected chi connectivity index (χ4v) is 2.72. The lowest BCUT2D eigenvalue weighted by molar-refractivity contribution is -0.146. The van der Waals surface area contributed by atoms with Crippen molar-refractivity contribution < 1.29 is 13.9 Å². The number of anilines is 1. The number of nitriles is 1. The SMILES string of the molecule is COC(=O)[C@H]1CN(c2ccc(C#N)c3nccnc23)C[C@@H]1F. The second kappa shape index (κ2) is 5.56. The maximum Gasteiger partial charge on any atom is 0.313 e. The Hall–Kier alpha value is -2.75. The Bertz CT molecular complexity index is 774. The van der Waals surface area contributed by atoms with Crippen LogP contribution >= 0.6 is 0 Å². The third-order valence-electron chi connectivity index (χ3n) is 3.82. The number of rotatable bonds is 2. The summed E-state index contributed by atoms with van der Waals surface area (Å²) in [5, 5.41) is 9.13. The first kappa shape index (κ1) is 14.2. The van der Waals surface area contributed by atoms with Gasteiger partial charge < -0.3 is 9.64 Å². The Balaban J connectivity index is 2.02. The lowest BCUT2D eigenvalue weighted by Gasteiger charge is -2.19. The van der Waals surface area contributed by atoms with Gasteiger partial charge in [0.2, 0.25) is 0 Å². The van der Waals surface area contributed by atoms with Crippen LogP contribution in [-0.2, 0) is 9.53 Å². The lowest BCUT2D eigenvalue weighted by Crippen LogP contribution is -2.25. The molecule has 2 heterocycles. The largest absolute Gasteiger partial charge is 0.469 e. The Morgan fingerprint density at radius 3 is 2.77 bits per heavy atom. The van der Waals surface area contributed by atoms with E-state index in [-0.39, 0.29) is 13.1 Å². The van der Waals surface area contributed by atoms with Crippen molar-refractivity contribution in [1.29, 1.82) is 5.26 Å². The molecule has 1 fully saturated rings. The van der Waals surface area contributed by atoms with E-state index in [2.05, 4.69) is 20.8 Å². The van der Waals surface area contributed by atoms with Crippen LogP contribution < -0.4 is 4.90 Å². The Labute approximate surface area is 126 Å². The first-order chi connectivity index (χ1) is 10.7. The summed E-state index contributed by atoms with van der Waals surface area (Å²) in [7, 11) is 1.25. The number of nitrogens with zero attached hydrogens (tertiary/aromatic N) is 4. The maximum atomic E-state index is 14.1. The summed E-state index contributed by atoms with van der Waals surface area (Å²) in [5.41, 5.74) is 2.07. The number of halogens is 1. The Kier molecular flexibility index (Phi) is 3.59. The number of esters is 1. The molecule has 0 saturated carbocycles. The molecule has 1 saturated heterocycles. The number of carbonyl (C=O) groups excluding carboxylic acids is 1. The fraction of sp³-hybridized carbons (Fsp3) is 0.333. The molecule has 0 aliphatic carbocycles. The summed E-state index contributed by atoms with van der Waals surface area (Å²) in [5.74, 6) is -1.37. The van der Waals surface area contributed by atoms with Gasteiger partial charge in [0.1, 0.15) is 29.2 Å². The summed E-state index contributed by atoms with van der Waals surface area (Å²) in [6.45, 7) is 0.294. The number of benzene rings is 1.